The van der Waals surface area contributed by atoms with Crippen molar-refractivity contribution in [3.8, 4) is 0 Å². The van der Waals surface area contributed by atoms with Crippen LogP contribution in [0.25, 0.3) is 11.0 Å². The molecule has 1 heterocycles. The number of hydrogen-bond donors (Lipinski definition) is 1. The van der Waals surface area contributed by atoms with Crippen molar-refractivity contribution in [1.82, 2.24) is 0 Å². The summed E-state index contributed by atoms with van der Waals surface area (Å²) < 4.78 is 25.5. The van der Waals surface area contributed by atoms with Gasteiger partial charge in [0.2, 0.25) is 0 Å². The van der Waals surface area contributed by atoms with Crippen molar-refractivity contribution in [1.29, 1.82) is 0 Å². The van der Waals surface area contributed by atoms with Crippen LogP contribution in [0.15, 0.2) is 57.7 Å². The third-order valence-corrected chi connectivity index (χ3v) is 5.18. The van der Waals surface area contributed by atoms with Gasteiger partial charge in [-0.25, -0.2) is 4.39 Å². The third kappa shape index (κ3) is 2.82. The highest BCUT2D eigenvalue weighted by molar-refractivity contribution is 6.19. The molecule has 2 aromatic rings. The number of aliphatic hydroxyl groups is 1. The van der Waals surface area contributed by atoms with Crippen LogP contribution in [0, 0.1) is 5.82 Å². The molecule has 1 aromatic heterocycles. The summed E-state index contributed by atoms with van der Waals surface area (Å²) in [7, 11) is 0. The van der Waals surface area contributed by atoms with Crippen LogP contribution < -0.4 is 0 Å². The molecule has 27 heavy (non-hydrogen) atoms. The Morgan fingerprint density at radius 1 is 1.33 bits per heavy atom. The van der Waals surface area contributed by atoms with Crippen molar-refractivity contribution in [3.63, 3.8) is 0 Å². The van der Waals surface area contributed by atoms with Gasteiger partial charge >= 0.3 is 0 Å². The van der Waals surface area contributed by atoms with Gasteiger partial charge in [0.15, 0.2) is 5.78 Å². The van der Waals surface area contributed by atoms with E-state index < -0.39 is 11.2 Å². The molecule has 140 valence electrons. The average molecular weight is 368 g/mol. The minimum atomic E-state index is -0.564. The highest BCUT2D eigenvalue weighted by atomic mass is 19.1. The van der Waals surface area contributed by atoms with E-state index in [4.69, 9.17) is 14.3 Å². The molecule has 0 unspecified atom stereocenters. The molecule has 4 nitrogen and oxygen atoms in total. The molecular weight excluding hydrogens is 347 g/mol. The SMILES string of the molecule is CC1(C)C2=C(CC=CC(OCCCO)=C2)C(=O)c2c1oc1ccc(F)cc21. The molecule has 0 aliphatic heterocycles. The first-order valence-corrected chi connectivity index (χ1v) is 9.06. The molecule has 0 bridgehead atoms. The van der Waals surface area contributed by atoms with E-state index in [1.54, 1.807) is 6.07 Å². The molecule has 1 N–H and O–H groups in total. The topological polar surface area (TPSA) is 59.7 Å². The van der Waals surface area contributed by atoms with Crippen molar-refractivity contribution in [2.45, 2.75) is 32.1 Å². The zero-order valence-corrected chi connectivity index (χ0v) is 15.3. The van der Waals surface area contributed by atoms with Crippen LogP contribution in [0.5, 0.6) is 0 Å². The number of allylic oxidation sites excluding steroid dienone is 5. The summed E-state index contributed by atoms with van der Waals surface area (Å²) >= 11 is 0. The van der Waals surface area contributed by atoms with Crippen molar-refractivity contribution in [2.75, 3.05) is 13.2 Å². The molecule has 5 heteroatoms. The quantitative estimate of drug-likeness (QED) is 0.802. The number of ketones is 1. The van der Waals surface area contributed by atoms with Crippen LogP contribution in [-0.4, -0.2) is 24.1 Å². The maximum atomic E-state index is 13.8. The summed E-state index contributed by atoms with van der Waals surface area (Å²) in [6.45, 7) is 4.46. The standard InChI is InChI=1S/C22H21FO4/c1-22(2)17-12-14(26-10-4-9-24)5-3-6-15(17)20(25)19-16-11-13(23)7-8-18(16)27-21(19)22/h3,5,7-8,11-12,24H,4,6,9-10H2,1-2H3. The van der Waals surface area contributed by atoms with Crippen LogP contribution >= 0.6 is 0 Å². The number of rotatable bonds is 4. The maximum absolute atomic E-state index is 13.8. The predicted molar refractivity (Wildman–Crippen MR) is 100 cm³/mol. The number of hydrogen-bond acceptors (Lipinski definition) is 4. The molecule has 0 spiro atoms. The van der Waals surface area contributed by atoms with E-state index in [2.05, 4.69) is 0 Å². The molecule has 1 aromatic carbocycles. The molecule has 2 aliphatic carbocycles. The second-order valence-electron chi connectivity index (χ2n) is 7.37. The molecule has 0 saturated heterocycles. The first-order valence-electron chi connectivity index (χ1n) is 9.06. The Hall–Kier alpha value is -2.66. The van der Waals surface area contributed by atoms with Gasteiger partial charge in [-0.05, 0) is 56.2 Å². The van der Waals surface area contributed by atoms with Gasteiger partial charge in [-0.15, -0.1) is 0 Å². The number of ether oxygens (including phenoxy) is 1. The van der Waals surface area contributed by atoms with Gasteiger partial charge in [-0.1, -0.05) is 6.08 Å². The van der Waals surface area contributed by atoms with Crippen LogP contribution in [0.4, 0.5) is 4.39 Å². The number of Topliss-reactive ketones (excluding diaryl/α,β-unsaturated/α-hetero) is 1. The Morgan fingerprint density at radius 2 is 2.15 bits per heavy atom. The lowest BCUT2D eigenvalue weighted by Crippen LogP contribution is -2.29. The second-order valence-corrected chi connectivity index (χ2v) is 7.37. The highest BCUT2D eigenvalue weighted by Gasteiger charge is 2.42. The Bertz CT molecular complexity index is 1020. The molecule has 2 aliphatic rings. The lowest BCUT2D eigenvalue weighted by Gasteiger charge is -2.31. The number of carbonyl (C=O) groups excluding carboxylic acids is 1. The lowest BCUT2D eigenvalue weighted by atomic mass is 9.71. The Kier molecular flexibility index (Phi) is 4.27. The predicted octanol–water partition coefficient (Wildman–Crippen LogP) is 4.59. The minimum absolute atomic E-state index is 0.0633. The summed E-state index contributed by atoms with van der Waals surface area (Å²) in [6.07, 6.45) is 6.64. The van der Waals surface area contributed by atoms with Crippen LogP contribution in [0.1, 0.15) is 42.8 Å². The van der Waals surface area contributed by atoms with Crippen molar-refractivity contribution in [3.05, 3.63) is 70.5 Å². The fourth-order valence-corrected chi connectivity index (χ4v) is 3.81. The van der Waals surface area contributed by atoms with Gasteiger partial charge in [0, 0.05) is 29.4 Å². The summed E-state index contributed by atoms with van der Waals surface area (Å²) in [6, 6.07) is 4.27. The number of furan rings is 1. The summed E-state index contributed by atoms with van der Waals surface area (Å²) in [5.74, 6) is 0.692. The molecule has 0 radical (unpaired) electrons. The number of halogens is 1. The summed E-state index contributed by atoms with van der Waals surface area (Å²) in [5, 5.41) is 9.46. The van der Waals surface area contributed by atoms with Gasteiger partial charge in [0.1, 0.15) is 22.9 Å². The van der Waals surface area contributed by atoms with Gasteiger partial charge < -0.3 is 14.3 Å². The number of fused-ring (bicyclic) bond motifs is 3. The normalized spacial score (nSPS) is 18.2. The first-order chi connectivity index (χ1) is 12.9. The molecule has 4 rings (SSSR count). The number of benzene rings is 1. The van der Waals surface area contributed by atoms with Crippen LogP contribution in [0.3, 0.4) is 0 Å². The number of aliphatic hydroxyl groups excluding tert-OH is 1. The smallest absolute Gasteiger partial charge is 0.193 e. The minimum Gasteiger partial charge on any atom is -0.494 e. The second kappa shape index (κ2) is 6.50. The van der Waals surface area contributed by atoms with Gasteiger partial charge in [0.05, 0.1) is 12.2 Å². The van der Waals surface area contributed by atoms with Gasteiger partial charge in [-0.3, -0.25) is 4.79 Å². The molecule has 0 amide bonds. The molecule has 0 atom stereocenters. The van der Waals surface area contributed by atoms with E-state index in [0.717, 1.165) is 5.57 Å². The fraction of sp³-hybridized carbons (Fsp3) is 0.318. The molecule has 0 fully saturated rings. The molecular formula is C22H21FO4. The van der Waals surface area contributed by atoms with E-state index in [-0.39, 0.29) is 12.4 Å². The van der Waals surface area contributed by atoms with Gasteiger partial charge in [-0.2, -0.15) is 0 Å². The molecule has 0 saturated carbocycles. The van der Waals surface area contributed by atoms with Crippen LogP contribution in [0.2, 0.25) is 0 Å². The Morgan fingerprint density at radius 3 is 2.93 bits per heavy atom. The third-order valence-electron chi connectivity index (χ3n) is 5.18. The van der Waals surface area contributed by atoms with E-state index in [1.165, 1.54) is 12.1 Å². The summed E-state index contributed by atoms with van der Waals surface area (Å²) in [4.78, 5) is 13.3. The maximum Gasteiger partial charge on any atom is 0.193 e. The first kappa shape index (κ1) is 17.7. The van der Waals surface area contributed by atoms with Gasteiger partial charge in [0.25, 0.3) is 0 Å². The lowest BCUT2D eigenvalue weighted by molar-refractivity contribution is 0.102. The number of carbonyl (C=O) groups is 1. The van der Waals surface area contributed by atoms with E-state index in [9.17, 15) is 9.18 Å². The zero-order chi connectivity index (χ0) is 19.2. The van der Waals surface area contributed by atoms with E-state index in [1.807, 2.05) is 32.1 Å². The zero-order valence-electron chi connectivity index (χ0n) is 15.3. The van der Waals surface area contributed by atoms with Crippen LogP contribution in [-0.2, 0) is 10.2 Å². The van der Waals surface area contributed by atoms with Crippen molar-refractivity contribution >= 4 is 16.8 Å². The highest BCUT2D eigenvalue weighted by Crippen LogP contribution is 2.47. The van der Waals surface area contributed by atoms with E-state index >= 15 is 0 Å². The van der Waals surface area contributed by atoms with Crippen molar-refractivity contribution in [2.24, 2.45) is 0 Å². The fourth-order valence-electron chi connectivity index (χ4n) is 3.81. The summed E-state index contributed by atoms with van der Waals surface area (Å²) in [5.41, 5.74) is 1.94. The Labute approximate surface area is 156 Å². The van der Waals surface area contributed by atoms with Crippen molar-refractivity contribution < 1.29 is 23.4 Å². The average Bonchev–Trinajstić information content (AvgIpc) is 2.87. The largest absolute Gasteiger partial charge is 0.494 e. The Balaban J connectivity index is 1.85. The van der Waals surface area contributed by atoms with E-state index in [0.29, 0.717) is 53.1 Å². The monoisotopic (exact) mass is 368 g/mol.